The van der Waals surface area contributed by atoms with Gasteiger partial charge in [-0.2, -0.15) is 0 Å². The average molecular weight is 173 g/mol. The van der Waals surface area contributed by atoms with Crippen molar-refractivity contribution in [1.82, 2.24) is 5.32 Å². The zero-order valence-electron chi connectivity index (χ0n) is 8.94. The molecule has 0 fully saturated rings. The lowest BCUT2D eigenvalue weighted by atomic mass is 10.2. The van der Waals surface area contributed by atoms with Gasteiger partial charge >= 0.3 is 0 Å². The molecule has 0 rings (SSSR count). The van der Waals surface area contributed by atoms with Crippen LogP contribution in [0.2, 0.25) is 0 Å². The zero-order valence-corrected chi connectivity index (χ0v) is 8.94. The van der Waals surface area contributed by atoms with E-state index in [1.165, 1.54) is 12.8 Å². The van der Waals surface area contributed by atoms with E-state index in [2.05, 4.69) is 33.0 Å². The van der Waals surface area contributed by atoms with E-state index in [0.29, 0.717) is 0 Å². The van der Waals surface area contributed by atoms with Gasteiger partial charge in [0.2, 0.25) is 0 Å². The van der Waals surface area contributed by atoms with E-state index in [1.54, 1.807) is 0 Å². The van der Waals surface area contributed by atoms with Gasteiger partial charge in [-0.1, -0.05) is 13.3 Å². The average Bonchev–Trinajstić information content (AvgIpc) is 1.94. The second-order valence-electron chi connectivity index (χ2n) is 4.06. The molecular weight excluding hydrogens is 150 g/mol. The molecule has 12 heavy (non-hydrogen) atoms. The van der Waals surface area contributed by atoms with Gasteiger partial charge in [0.15, 0.2) is 0 Å². The monoisotopic (exact) mass is 173 g/mol. The van der Waals surface area contributed by atoms with Crippen LogP contribution in [-0.4, -0.2) is 25.3 Å². The molecule has 0 atom stereocenters. The summed E-state index contributed by atoms with van der Waals surface area (Å²) in [5.41, 5.74) is 0.00639. The maximum atomic E-state index is 5.55. The number of hydrogen-bond donors (Lipinski definition) is 1. The minimum absolute atomic E-state index is 0.00639. The minimum Gasteiger partial charge on any atom is -0.375 e. The number of nitrogens with one attached hydrogen (secondary N) is 1. The van der Waals surface area contributed by atoms with E-state index in [1.807, 2.05) is 0 Å². The Morgan fingerprint density at radius 2 is 1.83 bits per heavy atom. The first kappa shape index (κ1) is 11.9. The van der Waals surface area contributed by atoms with Crippen LogP contribution >= 0.6 is 0 Å². The van der Waals surface area contributed by atoms with Gasteiger partial charge in [0.25, 0.3) is 0 Å². The lowest BCUT2D eigenvalue weighted by Gasteiger charge is -2.19. The smallest absolute Gasteiger partial charge is 0.0599 e. The summed E-state index contributed by atoms with van der Waals surface area (Å²) >= 11 is 0. The van der Waals surface area contributed by atoms with E-state index < -0.39 is 0 Å². The van der Waals surface area contributed by atoms with Gasteiger partial charge < -0.3 is 10.1 Å². The highest BCUT2D eigenvalue weighted by atomic mass is 16.5. The fraction of sp³-hybridized carbons (Fsp3) is 1.00. The molecular formula is C10H23NO. The van der Waals surface area contributed by atoms with Crippen molar-refractivity contribution in [3.8, 4) is 0 Å². The second kappa shape index (κ2) is 6.44. The molecule has 1 N–H and O–H groups in total. The SMILES string of the molecule is CCCCNCCOC(C)(C)C. The zero-order chi connectivity index (χ0) is 9.45. The highest BCUT2D eigenvalue weighted by molar-refractivity contribution is 4.59. The molecule has 0 aliphatic rings. The van der Waals surface area contributed by atoms with Gasteiger partial charge in [-0.3, -0.25) is 0 Å². The summed E-state index contributed by atoms with van der Waals surface area (Å²) in [6, 6.07) is 0. The molecule has 0 aromatic rings. The van der Waals surface area contributed by atoms with Crippen LogP contribution in [0.5, 0.6) is 0 Å². The molecule has 74 valence electrons. The topological polar surface area (TPSA) is 21.3 Å². The Morgan fingerprint density at radius 1 is 1.17 bits per heavy atom. The summed E-state index contributed by atoms with van der Waals surface area (Å²) in [5, 5.41) is 3.33. The third-order valence-corrected chi connectivity index (χ3v) is 1.52. The summed E-state index contributed by atoms with van der Waals surface area (Å²) in [7, 11) is 0. The molecule has 0 unspecified atom stereocenters. The van der Waals surface area contributed by atoms with Crippen LogP contribution in [0.4, 0.5) is 0 Å². The molecule has 0 heterocycles. The van der Waals surface area contributed by atoms with Crippen molar-refractivity contribution < 1.29 is 4.74 Å². The first-order chi connectivity index (χ1) is 5.56. The van der Waals surface area contributed by atoms with Gasteiger partial charge in [0, 0.05) is 6.54 Å². The van der Waals surface area contributed by atoms with Gasteiger partial charge in [-0.25, -0.2) is 0 Å². The summed E-state index contributed by atoms with van der Waals surface area (Å²) in [6.07, 6.45) is 2.52. The van der Waals surface area contributed by atoms with Crippen LogP contribution in [0, 0.1) is 0 Å². The Hall–Kier alpha value is -0.0800. The van der Waals surface area contributed by atoms with Crippen LogP contribution in [0.1, 0.15) is 40.5 Å². The van der Waals surface area contributed by atoms with Crippen molar-refractivity contribution in [3.05, 3.63) is 0 Å². The molecule has 2 heteroatoms. The van der Waals surface area contributed by atoms with Crippen molar-refractivity contribution in [2.75, 3.05) is 19.7 Å². The predicted molar refractivity (Wildman–Crippen MR) is 53.5 cm³/mol. The van der Waals surface area contributed by atoms with E-state index >= 15 is 0 Å². The molecule has 0 aromatic heterocycles. The van der Waals surface area contributed by atoms with Crippen LogP contribution < -0.4 is 5.32 Å². The number of unbranched alkanes of at least 4 members (excludes halogenated alkanes) is 1. The largest absolute Gasteiger partial charge is 0.375 e. The van der Waals surface area contributed by atoms with Gasteiger partial charge in [-0.05, 0) is 33.7 Å². The highest BCUT2D eigenvalue weighted by Gasteiger charge is 2.08. The van der Waals surface area contributed by atoms with Gasteiger partial charge in [-0.15, -0.1) is 0 Å². The standard InChI is InChI=1S/C10H23NO/c1-5-6-7-11-8-9-12-10(2,3)4/h11H,5-9H2,1-4H3. The first-order valence-electron chi connectivity index (χ1n) is 4.91. The van der Waals surface area contributed by atoms with Crippen molar-refractivity contribution in [2.45, 2.75) is 46.1 Å². The molecule has 0 spiro atoms. The molecule has 2 nitrogen and oxygen atoms in total. The fourth-order valence-corrected chi connectivity index (χ4v) is 0.856. The van der Waals surface area contributed by atoms with Crippen molar-refractivity contribution >= 4 is 0 Å². The molecule has 0 aliphatic heterocycles. The van der Waals surface area contributed by atoms with Crippen LogP contribution in [0.3, 0.4) is 0 Å². The summed E-state index contributed by atoms with van der Waals surface area (Å²) < 4.78 is 5.55. The summed E-state index contributed by atoms with van der Waals surface area (Å²) in [6.45, 7) is 11.3. The summed E-state index contributed by atoms with van der Waals surface area (Å²) in [4.78, 5) is 0. The molecule has 0 saturated heterocycles. The maximum absolute atomic E-state index is 5.55. The maximum Gasteiger partial charge on any atom is 0.0599 e. The normalized spacial score (nSPS) is 12.0. The molecule has 0 radical (unpaired) electrons. The minimum atomic E-state index is 0.00639. The Labute approximate surface area is 76.7 Å². The lowest BCUT2D eigenvalue weighted by Crippen LogP contribution is -2.27. The predicted octanol–water partition coefficient (Wildman–Crippen LogP) is 2.19. The number of hydrogen-bond acceptors (Lipinski definition) is 2. The molecule has 0 saturated carbocycles. The number of ether oxygens (including phenoxy) is 1. The lowest BCUT2D eigenvalue weighted by molar-refractivity contribution is -0.000750. The van der Waals surface area contributed by atoms with Gasteiger partial charge in [0.1, 0.15) is 0 Å². The van der Waals surface area contributed by atoms with E-state index in [0.717, 1.165) is 19.7 Å². The molecule has 0 amide bonds. The van der Waals surface area contributed by atoms with E-state index in [9.17, 15) is 0 Å². The van der Waals surface area contributed by atoms with Crippen molar-refractivity contribution in [3.63, 3.8) is 0 Å². The van der Waals surface area contributed by atoms with Crippen molar-refractivity contribution in [1.29, 1.82) is 0 Å². The molecule has 0 aliphatic carbocycles. The van der Waals surface area contributed by atoms with Crippen LogP contribution in [0.15, 0.2) is 0 Å². The Kier molecular flexibility index (Phi) is 6.39. The number of rotatable bonds is 6. The Balaban J connectivity index is 3.01. The second-order valence-corrected chi connectivity index (χ2v) is 4.06. The van der Waals surface area contributed by atoms with E-state index in [4.69, 9.17) is 4.74 Å². The third kappa shape index (κ3) is 9.92. The Bertz CT molecular complexity index is 96.5. The van der Waals surface area contributed by atoms with Crippen LogP contribution in [-0.2, 0) is 4.74 Å². The van der Waals surface area contributed by atoms with Gasteiger partial charge in [0.05, 0.1) is 12.2 Å². The fourth-order valence-electron chi connectivity index (χ4n) is 0.856. The third-order valence-electron chi connectivity index (χ3n) is 1.52. The summed E-state index contributed by atoms with van der Waals surface area (Å²) in [5.74, 6) is 0. The van der Waals surface area contributed by atoms with E-state index in [-0.39, 0.29) is 5.60 Å². The van der Waals surface area contributed by atoms with Crippen molar-refractivity contribution in [2.24, 2.45) is 0 Å². The quantitative estimate of drug-likeness (QED) is 0.622. The molecule has 0 bridgehead atoms. The highest BCUT2D eigenvalue weighted by Crippen LogP contribution is 2.04. The first-order valence-corrected chi connectivity index (χ1v) is 4.91. The molecule has 0 aromatic carbocycles. The van der Waals surface area contributed by atoms with Crippen LogP contribution in [0.25, 0.3) is 0 Å². The Morgan fingerprint density at radius 3 is 2.33 bits per heavy atom.